The number of hydrogen-bond acceptors (Lipinski definition) is 6. The van der Waals surface area contributed by atoms with E-state index in [1.807, 2.05) is 0 Å². The number of aliphatic imine (C=N–C) groups is 2. The molecule has 82 valence electrons. The van der Waals surface area contributed by atoms with Crippen molar-refractivity contribution in [1.29, 1.82) is 0 Å². The summed E-state index contributed by atoms with van der Waals surface area (Å²) in [7, 11) is 0. The predicted molar refractivity (Wildman–Crippen MR) is 58.1 cm³/mol. The molecule has 1 saturated heterocycles. The van der Waals surface area contributed by atoms with Crippen molar-refractivity contribution >= 4 is 11.9 Å². The van der Waals surface area contributed by atoms with Crippen LogP contribution in [0.15, 0.2) is 9.98 Å². The van der Waals surface area contributed by atoms with Crippen LogP contribution >= 0.6 is 0 Å². The highest BCUT2D eigenvalue weighted by Crippen LogP contribution is 2.48. The van der Waals surface area contributed by atoms with Gasteiger partial charge in [0.25, 0.3) is 0 Å². The molecule has 2 unspecified atom stereocenters. The van der Waals surface area contributed by atoms with Crippen LogP contribution in [0, 0.1) is 0 Å². The van der Waals surface area contributed by atoms with Crippen molar-refractivity contribution in [3.63, 3.8) is 0 Å². The van der Waals surface area contributed by atoms with E-state index in [0.717, 1.165) is 25.8 Å². The Morgan fingerprint density at radius 3 is 3.00 bits per heavy atom. The van der Waals surface area contributed by atoms with Crippen molar-refractivity contribution in [3.8, 4) is 0 Å². The van der Waals surface area contributed by atoms with Crippen LogP contribution in [0.2, 0.25) is 0 Å². The number of hydrogen-bond donors (Lipinski definition) is 3. The number of nitrogens with two attached hydrogens (primary N) is 2. The minimum Gasteiger partial charge on any atom is -0.370 e. The Morgan fingerprint density at radius 1 is 1.47 bits per heavy atom. The van der Waals surface area contributed by atoms with Crippen LogP contribution in [-0.4, -0.2) is 34.7 Å². The Hall–Kier alpha value is -1.46. The van der Waals surface area contributed by atoms with Crippen LogP contribution in [0.25, 0.3) is 0 Å². The van der Waals surface area contributed by atoms with E-state index in [4.69, 9.17) is 11.5 Å². The van der Waals surface area contributed by atoms with Gasteiger partial charge in [-0.25, -0.2) is 9.98 Å². The maximum atomic E-state index is 5.94. The fraction of sp³-hybridized carbons (Fsp3) is 0.778. The number of rotatable bonds is 1. The molecule has 5 N–H and O–H groups in total. The molecule has 2 atom stereocenters. The summed E-state index contributed by atoms with van der Waals surface area (Å²) >= 11 is 0. The molecule has 0 aliphatic carbocycles. The van der Waals surface area contributed by atoms with Crippen LogP contribution in [0.5, 0.6) is 0 Å². The average molecular weight is 208 g/mol. The summed E-state index contributed by atoms with van der Waals surface area (Å²) in [6.45, 7) is 3.01. The van der Waals surface area contributed by atoms with Gasteiger partial charge in [-0.1, -0.05) is 6.92 Å². The predicted octanol–water partition coefficient (Wildman–Crippen LogP) is -0.869. The topological polar surface area (TPSA) is 92.0 Å². The van der Waals surface area contributed by atoms with Gasteiger partial charge in [-0.2, -0.15) is 0 Å². The number of nitrogens with zero attached hydrogens (tertiary/aromatic N) is 3. The van der Waals surface area contributed by atoms with Crippen molar-refractivity contribution in [1.82, 2.24) is 10.2 Å². The maximum Gasteiger partial charge on any atom is 0.195 e. The molecule has 1 spiro atoms. The standard InChI is InChI=1S/C9H16N6/c1-2-8-9(13-6(10)12-8)4-3-5-15(9)7(11)14-8/h2-5H2,1H3,(H2,11,14)(H3,10,12,13). The molecule has 6 heteroatoms. The van der Waals surface area contributed by atoms with Gasteiger partial charge in [0.1, 0.15) is 0 Å². The zero-order valence-electron chi connectivity index (χ0n) is 8.82. The van der Waals surface area contributed by atoms with Crippen molar-refractivity contribution in [2.75, 3.05) is 6.54 Å². The zero-order valence-corrected chi connectivity index (χ0v) is 8.82. The molecule has 0 aromatic carbocycles. The molecule has 3 rings (SSSR count). The first-order valence-corrected chi connectivity index (χ1v) is 5.40. The second kappa shape index (κ2) is 2.37. The highest BCUT2D eigenvalue weighted by molar-refractivity contribution is 5.89. The lowest BCUT2D eigenvalue weighted by Crippen LogP contribution is -2.58. The molecule has 1 fully saturated rings. The molecule has 3 aliphatic heterocycles. The van der Waals surface area contributed by atoms with Gasteiger partial charge in [0.15, 0.2) is 23.2 Å². The molecular formula is C9H16N6. The van der Waals surface area contributed by atoms with E-state index in [0.29, 0.717) is 11.9 Å². The lowest BCUT2D eigenvalue weighted by molar-refractivity contribution is 0.147. The summed E-state index contributed by atoms with van der Waals surface area (Å²) in [6.07, 6.45) is 2.91. The monoisotopic (exact) mass is 208 g/mol. The number of nitrogens with one attached hydrogen (secondary N) is 1. The van der Waals surface area contributed by atoms with Crippen molar-refractivity contribution in [2.24, 2.45) is 21.5 Å². The van der Waals surface area contributed by atoms with E-state index in [-0.39, 0.29) is 5.66 Å². The smallest absolute Gasteiger partial charge is 0.195 e. The number of guanidine groups is 2. The SMILES string of the molecule is CCC12N=C(N)N3CCCC31N=C(N)N2. The largest absolute Gasteiger partial charge is 0.370 e. The minimum absolute atomic E-state index is 0.337. The van der Waals surface area contributed by atoms with Crippen LogP contribution in [0.3, 0.4) is 0 Å². The third-order valence-electron chi connectivity index (χ3n) is 3.75. The molecule has 15 heavy (non-hydrogen) atoms. The molecule has 3 heterocycles. The lowest BCUT2D eigenvalue weighted by Gasteiger charge is -2.36. The highest BCUT2D eigenvalue weighted by Gasteiger charge is 2.65. The second-order valence-corrected chi connectivity index (χ2v) is 4.38. The van der Waals surface area contributed by atoms with Crippen LogP contribution in [-0.2, 0) is 0 Å². The van der Waals surface area contributed by atoms with Crippen LogP contribution < -0.4 is 16.8 Å². The molecule has 0 aromatic rings. The Morgan fingerprint density at radius 2 is 2.27 bits per heavy atom. The van der Waals surface area contributed by atoms with Crippen molar-refractivity contribution in [3.05, 3.63) is 0 Å². The normalized spacial score (nSPS) is 42.1. The maximum absolute atomic E-state index is 5.94. The van der Waals surface area contributed by atoms with Gasteiger partial charge < -0.3 is 21.7 Å². The Kier molecular flexibility index (Phi) is 1.39. The quantitative estimate of drug-likeness (QED) is 0.522. The second-order valence-electron chi connectivity index (χ2n) is 4.38. The van der Waals surface area contributed by atoms with Gasteiger partial charge in [-0.3, -0.25) is 0 Å². The Balaban J connectivity index is 2.15. The van der Waals surface area contributed by atoms with Gasteiger partial charge >= 0.3 is 0 Å². The molecular weight excluding hydrogens is 192 g/mol. The third-order valence-corrected chi connectivity index (χ3v) is 3.75. The van der Waals surface area contributed by atoms with Gasteiger partial charge in [0.2, 0.25) is 0 Å². The Labute approximate surface area is 88.4 Å². The Bertz CT molecular complexity index is 375. The third kappa shape index (κ3) is 0.770. The van der Waals surface area contributed by atoms with Gasteiger partial charge in [-0.05, 0) is 19.3 Å². The average Bonchev–Trinajstić information content (AvgIpc) is 2.75. The van der Waals surface area contributed by atoms with Gasteiger partial charge in [0, 0.05) is 6.54 Å². The first kappa shape index (κ1) is 8.82. The molecule has 0 saturated carbocycles. The van der Waals surface area contributed by atoms with E-state index in [9.17, 15) is 0 Å². The lowest BCUT2D eigenvalue weighted by atomic mass is 9.91. The zero-order chi connectivity index (χ0) is 10.7. The van der Waals surface area contributed by atoms with Crippen molar-refractivity contribution in [2.45, 2.75) is 37.5 Å². The molecule has 0 bridgehead atoms. The fourth-order valence-corrected chi connectivity index (χ4v) is 3.11. The molecule has 0 aromatic heterocycles. The fourth-order valence-electron chi connectivity index (χ4n) is 3.11. The summed E-state index contributed by atoms with van der Waals surface area (Å²) in [5.41, 5.74) is 11.0. The minimum atomic E-state index is -0.419. The van der Waals surface area contributed by atoms with Gasteiger partial charge in [-0.15, -0.1) is 0 Å². The van der Waals surface area contributed by atoms with E-state index < -0.39 is 5.66 Å². The van der Waals surface area contributed by atoms with Crippen LogP contribution in [0.1, 0.15) is 26.2 Å². The van der Waals surface area contributed by atoms with E-state index in [2.05, 4.69) is 27.1 Å². The van der Waals surface area contributed by atoms with Gasteiger partial charge in [0.05, 0.1) is 0 Å². The molecule has 0 radical (unpaired) electrons. The first-order chi connectivity index (χ1) is 7.13. The molecule has 0 amide bonds. The summed E-state index contributed by atoms with van der Waals surface area (Å²) in [6, 6.07) is 0. The first-order valence-electron chi connectivity index (χ1n) is 5.40. The van der Waals surface area contributed by atoms with Crippen molar-refractivity contribution < 1.29 is 0 Å². The summed E-state index contributed by atoms with van der Waals surface area (Å²) < 4.78 is 0. The van der Waals surface area contributed by atoms with Crippen LogP contribution in [0.4, 0.5) is 0 Å². The van der Waals surface area contributed by atoms with E-state index in [1.54, 1.807) is 0 Å². The molecule has 6 nitrogen and oxygen atoms in total. The summed E-state index contributed by atoms with van der Waals surface area (Å²) in [5.74, 6) is 1.08. The molecule has 3 aliphatic rings. The van der Waals surface area contributed by atoms with E-state index in [1.165, 1.54) is 0 Å². The summed E-state index contributed by atoms with van der Waals surface area (Å²) in [4.78, 5) is 11.2. The summed E-state index contributed by atoms with van der Waals surface area (Å²) in [5, 5.41) is 3.19. The highest BCUT2D eigenvalue weighted by atomic mass is 15.6. The van der Waals surface area contributed by atoms with E-state index >= 15 is 0 Å².